The summed E-state index contributed by atoms with van der Waals surface area (Å²) < 4.78 is 5.85. The normalized spacial score (nSPS) is 16.3. The number of fused-ring (bicyclic) bond motifs is 1. The van der Waals surface area contributed by atoms with Crippen molar-refractivity contribution in [3.63, 3.8) is 0 Å². The Labute approximate surface area is 147 Å². The molecule has 0 saturated carbocycles. The number of hydrogen-bond acceptors (Lipinski definition) is 5. The highest BCUT2D eigenvalue weighted by molar-refractivity contribution is 5.78. The predicted octanol–water partition coefficient (Wildman–Crippen LogP) is 2.69. The van der Waals surface area contributed by atoms with Crippen LogP contribution in [0.3, 0.4) is 0 Å². The molecule has 1 saturated heterocycles. The van der Waals surface area contributed by atoms with E-state index in [9.17, 15) is 0 Å². The van der Waals surface area contributed by atoms with Gasteiger partial charge < -0.3 is 4.74 Å². The third-order valence-corrected chi connectivity index (χ3v) is 4.93. The second-order valence-electron chi connectivity index (χ2n) is 6.63. The van der Waals surface area contributed by atoms with Gasteiger partial charge in [0.1, 0.15) is 18.3 Å². The lowest BCUT2D eigenvalue weighted by atomic mass is 9.90. The van der Waals surface area contributed by atoms with E-state index in [2.05, 4.69) is 55.4 Å². The van der Waals surface area contributed by atoms with Crippen molar-refractivity contribution in [2.75, 3.05) is 26.2 Å². The van der Waals surface area contributed by atoms with Gasteiger partial charge in [0, 0.05) is 6.54 Å². The number of nitrogens with one attached hydrogen (secondary N) is 1. The van der Waals surface area contributed by atoms with E-state index in [1.54, 1.807) is 6.20 Å². The fourth-order valence-corrected chi connectivity index (χ4v) is 3.49. The van der Waals surface area contributed by atoms with Gasteiger partial charge >= 0.3 is 0 Å². The SMILES string of the molecule is c1ccc(CC2CCN(CCOc3ncnc4[nH]ncc34)CC2)cc1. The molecule has 0 bridgehead atoms. The number of H-pyrrole nitrogens is 1. The Balaban J connectivity index is 1.22. The summed E-state index contributed by atoms with van der Waals surface area (Å²) in [4.78, 5) is 10.8. The predicted molar refractivity (Wildman–Crippen MR) is 96.5 cm³/mol. The Morgan fingerprint density at radius 3 is 2.80 bits per heavy atom. The van der Waals surface area contributed by atoms with Crippen molar-refractivity contribution in [3.8, 4) is 5.88 Å². The molecular weight excluding hydrogens is 314 g/mol. The first-order valence-corrected chi connectivity index (χ1v) is 8.91. The van der Waals surface area contributed by atoms with Crippen molar-refractivity contribution in [3.05, 3.63) is 48.4 Å². The van der Waals surface area contributed by atoms with Crippen molar-refractivity contribution in [2.45, 2.75) is 19.3 Å². The number of rotatable bonds is 6. The molecule has 1 aromatic carbocycles. The summed E-state index contributed by atoms with van der Waals surface area (Å²) in [5, 5.41) is 7.65. The van der Waals surface area contributed by atoms with Gasteiger partial charge in [0.2, 0.25) is 5.88 Å². The molecule has 1 aliphatic rings. The number of aromatic nitrogens is 4. The van der Waals surface area contributed by atoms with Gasteiger partial charge in [-0.05, 0) is 43.8 Å². The molecule has 3 heterocycles. The van der Waals surface area contributed by atoms with Crippen LogP contribution in [0.15, 0.2) is 42.9 Å². The topological polar surface area (TPSA) is 66.9 Å². The Bertz CT molecular complexity index is 796. The summed E-state index contributed by atoms with van der Waals surface area (Å²) in [6.07, 6.45) is 6.93. The molecule has 25 heavy (non-hydrogen) atoms. The lowest BCUT2D eigenvalue weighted by Crippen LogP contribution is -2.37. The maximum Gasteiger partial charge on any atom is 0.227 e. The minimum atomic E-state index is 0.609. The van der Waals surface area contributed by atoms with E-state index in [-0.39, 0.29) is 0 Å². The average Bonchev–Trinajstić information content (AvgIpc) is 3.14. The highest BCUT2D eigenvalue weighted by Gasteiger charge is 2.19. The summed E-state index contributed by atoms with van der Waals surface area (Å²) in [5.74, 6) is 1.41. The summed E-state index contributed by atoms with van der Waals surface area (Å²) in [7, 11) is 0. The molecule has 0 spiro atoms. The second kappa shape index (κ2) is 7.61. The lowest BCUT2D eigenvalue weighted by molar-refractivity contribution is 0.153. The van der Waals surface area contributed by atoms with Crippen molar-refractivity contribution in [1.82, 2.24) is 25.1 Å². The minimum Gasteiger partial charge on any atom is -0.476 e. The zero-order chi connectivity index (χ0) is 16.9. The quantitative estimate of drug-likeness (QED) is 0.749. The monoisotopic (exact) mass is 337 g/mol. The first-order chi connectivity index (χ1) is 12.4. The van der Waals surface area contributed by atoms with Crippen LogP contribution < -0.4 is 4.74 Å². The largest absolute Gasteiger partial charge is 0.476 e. The first kappa shape index (κ1) is 16.0. The molecule has 0 unspecified atom stereocenters. The van der Waals surface area contributed by atoms with Gasteiger partial charge in [0.25, 0.3) is 0 Å². The fourth-order valence-electron chi connectivity index (χ4n) is 3.49. The van der Waals surface area contributed by atoms with Gasteiger partial charge in [-0.3, -0.25) is 10.00 Å². The number of hydrogen-bond donors (Lipinski definition) is 1. The van der Waals surface area contributed by atoms with Crippen molar-refractivity contribution in [1.29, 1.82) is 0 Å². The molecule has 1 aliphatic heterocycles. The number of aromatic amines is 1. The smallest absolute Gasteiger partial charge is 0.227 e. The van der Waals surface area contributed by atoms with Crippen LogP contribution in [0, 0.1) is 5.92 Å². The van der Waals surface area contributed by atoms with Gasteiger partial charge in [0.15, 0.2) is 5.65 Å². The van der Waals surface area contributed by atoms with Crippen molar-refractivity contribution < 1.29 is 4.74 Å². The van der Waals surface area contributed by atoms with E-state index in [1.807, 2.05) is 0 Å². The zero-order valence-corrected chi connectivity index (χ0v) is 14.3. The van der Waals surface area contributed by atoms with Crippen LogP contribution in [0.25, 0.3) is 11.0 Å². The van der Waals surface area contributed by atoms with E-state index in [0.29, 0.717) is 18.1 Å². The molecule has 3 aromatic rings. The van der Waals surface area contributed by atoms with Crippen LogP contribution in [0.2, 0.25) is 0 Å². The molecule has 6 heteroatoms. The number of benzene rings is 1. The second-order valence-corrected chi connectivity index (χ2v) is 6.63. The third-order valence-electron chi connectivity index (χ3n) is 4.93. The van der Waals surface area contributed by atoms with Gasteiger partial charge in [-0.2, -0.15) is 5.10 Å². The standard InChI is InChI=1S/C19H23N5O/c1-2-4-15(5-3-1)12-16-6-8-24(9-7-16)10-11-25-19-17-13-22-23-18(17)20-14-21-19/h1-5,13-14,16H,6-12H2,(H,20,21,22,23). The molecule has 1 fully saturated rings. The molecule has 2 aromatic heterocycles. The maximum absolute atomic E-state index is 5.85. The van der Waals surface area contributed by atoms with E-state index < -0.39 is 0 Å². The molecule has 0 aliphatic carbocycles. The molecule has 0 atom stereocenters. The Morgan fingerprint density at radius 1 is 1.12 bits per heavy atom. The lowest BCUT2D eigenvalue weighted by Gasteiger charge is -2.31. The van der Waals surface area contributed by atoms with Crippen LogP contribution in [-0.2, 0) is 6.42 Å². The van der Waals surface area contributed by atoms with Gasteiger partial charge in [0.05, 0.1) is 6.20 Å². The molecule has 0 radical (unpaired) electrons. The maximum atomic E-state index is 5.85. The number of likely N-dealkylation sites (tertiary alicyclic amines) is 1. The summed E-state index contributed by atoms with van der Waals surface area (Å²) >= 11 is 0. The van der Waals surface area contributed by atoms with Crippen LogP contribution in [-0.4, -0.2) is 51.3 Å². The van der Waals surface area contributed by atoms with E-state index in [0.717, 1.165) is 30.9 Å². The van der Waals surface area contributed by atoms with Crippen LogP contribution in [0.1, 0.15) is 18.4 Å². The minimum absolute atomic E-state index is 0.609. The Morgan fingerprint density at radius 2 is 1.96 bits per heavy atom. The van der Waals surface area contributed by atoms with Crippen LogP contribution in [0.4, 0.5) is 0 Å². The van der Waals surface area contributed by atoms with Gasteiger partial charge in [-0.1, -0.05) is 30.3 Å². The van der Waals surface area contributed by atoms with Crippen LogP contribution >= 0.6 is 0 Å². The van der Waals surface area contributed by atoms with Crippen LogP contribution in [0.5, 0.6) is 5.88 Å². The molecule has 1 N–H and O–H groups in total. The van der Waals surface area contributed by atoms with E-state index >= 15 is 0 Å². The van der Waals surface area contributed by atoms with E-state index in [1.165, 1.54) is 31.2 Å². The molecule has 4 rings (SSSR count). The molecule has 6 nitrogen and oxygen atoms in total. The number of ether oxygens (including phenoxy) is 1. The number of piperidine rings is 1. The van der Waals surface area contributed by atoms with Crippen molar-refractivity contribution in [2.24, 2.45) is 5.92 Å². The molecular formula is C19H23N5O. The Hall–Kier alpha value is -2.47. The molecule has 0 amide bonds. The highest BCUT2D eigenvalue weighted by Crippen LogP contribution is 2.22. The fraction of sp³-hybridized carbons (Fsp3) is 0.421. The van der Waals surface area contributed by atoms with Gasteiger partial charge in [-0.25, -0.2) is 9.97 Å². The average molecular weight is 337 g/mol. The molecule has 130 valence electrons. The Kier molecular flexibility index (Phi) is 4.88. The first-order valence-electron chi connectivity index (χ1n) is 8.91. The third kappa shape index (κ3) is 3.96. The van der Waals surface area contributed by atoms with Crippen molar-refractivity contribution >= 4 is 11.0 Å². The summed E-state index contributed by atoms with van der Waals surface area (Å²) in [6.45, 7) is 3.86. The summed E-state index contributed by atoms with van der Waals surface area (Å²) in [6, 6.07) is 10.8. The number of nitrogens with zero attached hydrogens (tertiary/aromatic N) is 4. The van der Waals surface area contributed by atoms with E-state index in [4.69, 9.17) is 4.74 Å². The zero-order valence-electron chi connectivity index (χ0n) is 14.3. The van der Waals surface area contributed by atoms with Gasteiger partial charge in [-0.15, -0.1) is 0 Å². The highest BCUT2D eigenvalue weighted by atomic mass is 16.5. The summed E-state index contributed by atoms with van der Waals surface area (Å²) in [5.41, 5.74) is 2.17.